The summed E-state index contributed by atoms with van der Waals surface area (Å²) >= 11 is 0. The van der Waals surface area contributed by atoms with Gasteiger partial charge in [0.05, 0.1) is 0 Å². The van der Waals surface area contributed by atoms with E-state index >= 15 is 0 Å². The number of hydroxylamine groups is 2. The normalized spacial score (nSPS) is 15.2. The maximum Gasteiger partial charge on any atom is 0.330 e. The molecule has 2 aromatic carbocycles. The van der Waals surface area contributed by atoms with Crippen LogP contribution in [0.25, 0.3) is 0 Å². The van der Waals surface area contributed by atoms with Crippen molar-refractivity contribution in [2.24, 2.45) is 17.6 Å². The summed E-state index contributed by atoms with van der Waals surface area (Å²) < 4.78 is 0. The van der Waals surface area contributed by atoms with E-state index in [1.165, 1.54) is 0 Å². The lowest BCUT2D eigenvalue weighted by Gasteiger charge is -2.32. The summed E-state index contributed by atoms with van der Waals surface area (Å²) in [7, 11) is 0. The molecule has 0 heterocycles. The Morgan fingerprint density at radius 1 is 1.08 bits per heavy atom. The van der Waals surface area contributed by atoms with Crippen molar-refractivity contribution in [3.63, 3.8) is 0 Å². The van der Waals surface area contributed by atoms with Crippen LogP contribution in [0.5, 0.6) is 5.75 Å². The molecule has 2 aromatic rings. The molecule has 8 heteroatoms. The third-order valence-electron chi connectivity index (χ3n) is 6.55. The SMILES string of the molecule is Cc1cc(C)cc(NC(=O)CC(CCN)C[C@H](C(=O)O)N(Oc2ccccc2)C(=O)C2CCCC2)c1. The molecule has 1 aliphatic carbocycles. The van der Waals surface area contributed by atoms with Crippen molar-refractivity contribution in [3.8, 4) is 5.75 Å². The Hall–Kier alpha value is -3.39. The molecule has 4 N–H and O–H groups in total. The average Bonchev–Trinajstić information content (AvgIpc) is 3.36. The number of carbonyl (C=O) groups is 3. The molecule has 1 fully saturated rings. The van der Waals surface area contributed by atoms with E-state index in [4.69, 9.17) is 10.6 Å². The van der Waals surface area contributed by atoms with Gasteiger partial charge < -0.3 is 21.0 Å². The molecule has 2 amide bonds. The van der Waals surface area contributed by atoms with Gasteiger partial charge in [-0.25, -0.2) is 4.79 Å². The van der Waals surface area contributed by atoms with Crippen molar-refractivity contribution in [1.29, 1.82) is 0 Å². The highest BCUT2D eigenvalue weighted by Gasteiger charge is 2.38. The number of nitrogens with zero attached hydrogens (tertiary/aromatic N) is 1. The number of aryl methyl sites for hydroxylation is 2. The Labute approximate surface area is 212 Å². The summed E-state index contributed by atoms with van der Waals surface area (Å²) in [4.78, 5) is 44.6. The van der Waals surface area contributed by atoms with Gasteiger partial charge >= 0.3 is 5.97 Å². The topological polar surface area (TPSA) is 122 Å². The predicted octanol–water partition coefficient (Wildman–Crippen LogP) is 4.45. The van der Waals surface area contributed by atoms with Crippen LogP contribution >= 0.6 is 0 Å². The van der Waals surface area contributed by atoms with Crippen LogP contribution in [0.15, 0.2) is 48.5 Å². The first-order valence-corrected chi connectivity index (χ1v) is 12.6. The Bertz CT molecular complexity index is 1020. The number of nitrogens with two attached hydrogens (primary N) is 1. The first-order chi connectivity index (χ1) is 17.3. The van der Waals surface area contributed by atoms with E-state index in [1.54, 1.807) is 24.3 Å². The van der Waals surface area contributed by atoms with Crippen LogP contribution in [0.1, 0.15) is 56.1 Å². The monoisotopic (exact) mass is 495 g/mol. The number of para-hydroxylation sites is 1. The van der Waals surface area contributed by atoms with Gasteiger partial charge in [-0.15, -0.1) is 0 Å². The van der Waals surface area contributed by atoms with Gasteiger partial charge in [0.2, 0.25) is 5.91 Å². The largest absolute Gasteiger partial charge is 0.480 e. The number of aliphatic carboxylic acids is 1. The minimum atomic E-state index is -1.25. The van der Waals surface area contributed by atoms with Gasteiger partial charge in [0, 0.05) is 18.0 Å². The summed E-state index contributed by atoms with van der Waals surface area (Å²) in [5.74, 6) is -1.95. The molecule has 0 aliphatic heterocycles. The van der Waals surface area contributed by atoms with Crippen LogP contribution in [-0.4, -0.2) is 40.5 Å². The maximum atomic E-state index is 13.4. The van der Waals surface area contributed by atoms with Crippen LogP contribution < -0.4 is 15.9 Å². The molecule has 1 saturated carbocycles. The van der Waals surface area contributed by atoms with E-state index in [1.807, 2.05) is 38.1 Å². The van der Waals surface area contributed by atoms with Crippen LogP contribution in [-0.2, 0) is 14.4 Å². The highest BCUT2D eigenvalue weighted by Crippen LogP contribution is 2.30. The van der Waals surface area contributed by atoms with Crippen molar-refractivity contribution in [2.75, 3.05) is 11.9 Å². The molecule has 8 nitrogen and oxygen atoms in total. The zero-order valence-corrected chi connectivity index (χ0v) is 21.1. The third-order valence-corrected chi connectivity index (χ3v) is 6.55. The highest BCUT2D eigenvalue weighted by atomic mass is 16.7. The summed E-state index contributed by atoms with van der Waals surface area (Å²) in [6.07, 6.45) is 3.88. The minimum absolute atomic E-state index is 0.0537. The fourth-order valence-electron chi connectivity index (χ4n) is 4.88. The first kappa shape index (κ1) is 27.2. The Kier molecular flexibility index (Phi) is 9.87. The van der Waals surface area contributed by atoms with E-state index in [0.29, 0.717) is 37.2 Å². The molecular weight excluding hydrogens is 458 g/mol. The standard InChI is InChI=1S/C28H37N3O5/c1-19-14-20(2)16-23(15-19)30-26(32)18-21(12-13-29)17-25(28(34)35)31(27(33)22-8-6-7-9-22)36-24-10-4-3-5-11-24/h3-5,10-11,14-16,21-22,25H,6-9,12-13,17-18,29H2,1-2H3,(H,30,32)(H,34,35)/t21?,25-/m1/s1. The van der Waals surface area contributed by atoms with Gasteiger partial charge in [-0.3, -0.25) is 9.59 Å². The van der Waals surface area contributed by atoms with Gasteiger partial charge in [-0.2, -0.15) is 5.06 Å². The molecule has 0 aromatic heterocycles. The number of rotatable bonds is 12. The van der Waals surface area contributed by atoms with Crippen molar-refractivity contribution >= 4 is 23.5 Å². The summed E-state index contributed by atoms with van der Waals surface area (Å²) in [5, 5.41) is 14.1. The maximum absolute atomic E-state index is 13.4. The number of nitrogens with one attached hydrogen (secondary N) is 1. The summed E-state index contributed by atoms with van der Waals surface area (Å²) in [6.45, 7) is 4.21. The number of amides is 2. The van der Waals surface area contributed by atoms with E-state index in [-0.39, 0.29) is 36.5 Å². The number of hydrogen-bond acceptors (Lipinski definition) is 5. The van der Waals surface area contributed by atoms with E-state index in [2.05, 4.69) is 5.32 Å². The highest BCUT2D eigenvalue weighted by molar-refractivity contribution is 5.91. The lowest BCUT2D eigenvalue weighted by atomic mass is 9.92. The van der Waals surface area contributed by atoms with Gasteiger partial charge in [-0.1, -0.05) is 37.1 Å². The quantitative estimate of drug-likeness (QED) is 0.374. The van der Waals surface area contributed by atoms with Crippen molar-refractivity contribution in [2.45, 2.75) is 64.8 Å². The molecule has 0 bridgehead atoms. The van der Waals surface area contributed by atoms with Crippen LogP contribution in [0.2, 0.25) is 0 Å². The van der Waals surface area contributed by atoms with E-state index < -0.39 is 12.0 Å². The van der Waals surface area contributed by atoms with E-state index in [0.717, 1.165) is 29.0 Å². The Balaban J connectivity index is 1.78. The number of carboxylic acids is 1. The summed E-state index contributed by atoms with van der Waals surface area (Å²) in [5.41, 5.74) is 8.59. The second-order valence-corrected chi connectivity index (χ2v) is 9.71. The molecule has 3 rings (SSSR count). The first-order valence-electron chi connectivity index (χ1n) is 12.6. The molecule has 36 heavy (non-hydrogen) atoms. The van der Waals surface area contributed by atoms with Crippen molar-refractivity contribution in [3.05, 3.63) is 59.7 Å². The van der Waals surface area contributed by atoms with E-state index in [9.17, 15) is 19.5 Å². The molecule has 0 saturated heterocycles. The smallest absolute Gasteiger partial charge is 0.330 e. The second kappa shape index (κ2) is 13.1. The van der Waals surface area contributed by atoms with Gasteiger partial charge in [0.25, 0.3) is 5.91 Å². The fraction of sp³-hybridized carbons (Fsp3) is 0.464. The van der Waals surface area contributed by atoms with Crippen LogP contribution in [0.4, 0.5) is 5.69 Å². The van der Waals surface area contributed by atoms with Crippen molar-refractivity contribution < 1.29 is 24.3 Å². The zero-order chi connectivity index (χ0) is 26.1. The fourth-order valence-corrected chi connectivity index (χ4v) is 4.88. The van der Waals surface area contributed by atoms with Crippen LogP contribution in [0, 0.1) is 25.7 Å². The van der Waals surface area contributed by atoms with Gasteiger partial charge in [0.1, 0.15) is 0 Å². The number of anilines is 1. The molecule has 1 unspecified atom stereocenters. The van der Waals surface area contributed by atoms with Crippen LogP contribution in [0.3, 0.4) is 0 Å². The lowest BCUT2D eigenvalue weighted by Crippen LogP contribution is -2.50. The van der Waals surface area contributed by atoms with Crippen molar-refractivity contribution in [1.82, 2.24) is 5.06 Å². The molecular formula is C28H37N3O5. The number of carboxylic acid groups (broad SMARTS) is 1. The van der Waals surface area contributed by atoms with Gasteiger partial charge in [0.15, 0.2) is 11.8 Å². The second-order valence-electron chi connectivity index (χ2n) is 9.71. The minimum Gasteiger partial charge on any atom is -0.480 e. The molecule has 0 spiro atoms. The number of hydrogen-bond donors (Lipinski definition) is 3. The Morgan fingerprint density at radius 3 is 2.31 bits per heavy atom. The lowest BCUT2D eigenvalue weighted by molar-refractivity contribution is -0.182. The molecule has 194 valence electrons. The van der Waals surface area contributed by atoms with Gasteiger partial charge in [-0.05, 0) is 87.4 Å². The number of benzene rings is 2. The molecule has 0 radical (unpaired) electrons. The Morgan fingerprint density at radius 2 is 1.72 bits per heavy atom. The molecule has 2 atom stereocenters. The molecule has 1 aliphatic rings. The summed E-state index contributed by atoms with van der Waals surface area (Å²) in [6, 6.07) is 13.3. The average molecular weight is 496 g/mol. The third kappa shape index (κ3) is 7.81. The zero-order valence-electron chi connectivity index (χ0n) is 21.1. The predicted molar refractivity (Wildman–Crippen MR) is 138 cm³/mol. The number of carbonyl (C=O) groups excluding carboxylic acids is 2.